The SMILES string of the molecule is O=C([O-])[C@@H](NC(=S)[S-])c1ccccc1.[K+].[K+]. The molecule has 3 nitrogen and oxygen atoms in total. The number of aliphatic carboxylic acids is 1. The van der Waals surface area contributed by atoms with E-state index < -0.39 is 12.0 Å². The summed E-state index contributed by atoms with van der Waals surface area (Å²) in [7, 11) is 0. The normalized spacial score (nSPS) is 10.2. The summed E-state index contributed by atoms with van der Waals surface area (Å²) in [6.45, 7) is 0. The molecular weight excluding hydrogens is 296 g/mol. The van der Waals surface area contributed by atoms with Gasteiger partial charge >= 0.3 is 103 Å². The zero-order chi connectivity index (χ0) is 10.6. The third-order valence-corrected chi connectivity index (χ3v) is 1.87. The summed E-state index contributed by atoms with van der Waals surface area (Å²) in [6, 6.07) is 7.63. The van der Waals surface area contributed by atoms with Crippen molar-refractivity contribution in [3.63, 3.8) is 0 Å². The van der Waals surface area contributed by atoms with Crippen LogP contribution in [0.15, 0.2) is 30.3 Å². The minimum absolute atomic E-state index is 0. The maximum absolute atomic E-state index is 10.8. The van der Waals surface area contributed by atoms with Gasteiger partial charge in [0.2, 0.25) is 0 Å². The summed E-state index contributed by atoms with van der Waals surface area (Å²) >= 11 is 9.21. The van der Waals surface area contributed by atoms with Crippen molar-refractivity contribution in [2.75, 3.05) is 0 Å². The fourth-order valence-electron chi connectivity index (χ4n) is 1.04. The zero-order valence-corrected chi connectivity index (χ0v) is 17.0. The van der Waals surface area contributed by atoms with E-state index in [2.05, 4.69) is 30.2 Å². The first kappa shape index (κ1) is 20.4. The molecular formula is C9H7K2NO2S2. The van der Waals surface area contributed by atoms with E-state index in [1.54, 1.807) is 30.3 Å². The Hall–Kier alpha value is 2.07. The van der Waals surface area contributed by atoms with E-state index in [1.165, 1.54) is 0 Å². The van der Waals surface area contributed by atoms with Gasteiger partial charge in [-0.05, 0) is 5.56 Å². The first-order valence-corrected chi connectivity index (χ1v) is 4.66. The Morgan fingerprint density at radius 2 is 1.81 bits per heavy atom. The molecule has 74 valence electrons. The summed E-state index contributed by atoms with van der Waals surface area (Å²) in [6.07, 6.45) is 0. The van der Waals surface area contributed by atoms with E-state index in [4.69, 9.17) is 0 Å². The largest absolute Gasteiger partial charge is 1.00 e. The van der Waals surface area contributed by atoms with Crippen LogP contribution in [0.2, 0.25) is 0 Å². The smallest absolute Gasteiger partial charge is 0.548 e. The molecule has 1 aromatic carbocycles. The minimum Gasteiger partial charge on any atom is -0.548 e. The van der Waals surface area contributed by atoms with Gasteiger partial charge in [0.1, 0.15) is 0 Å². The van der Waals surface area contributed by atoms with E-state index in [-0.39, 0.29) is 107 Å². The van der Waals surface area contributed by atoms with Gasteiger partial charge in [0.25, 0.3) is 0 Å². The van der Waals surface area contributed by atoms with Crippen LogP contribution < -0.4 is 113 Å². The van der Waals surface area contributed by atoms with Crippen molar-refractivity contribution in [2.45, 2.75) is 6.04 Å². The second kappa shape index (κ2) is 10.9. The first-order chi connectivity index (χ1) is 6.61. The molecule has 16 heavy (non-hydrogen) atoms. The molecule has 0 aromatic heterocycles. The average molecular weight is 303 g/mol. The van der Waals surface area contributed by atoms with Crippen LogP contribution in [0.3, 0.4) is 0 Å². The van der Waals surface area contributed by atoms with Gasteiger partial charge in [0.15, 0.2) is 0 Å². The maximum atomic E-state index is 10.8. The number of hydrogen-bond acceptors (Lipinski definition) is 4. The molecule has 0 saturated carbocycles. The minimum atomic E-state index is -1.25. The Morgan fingerprint density at radius 3 is 2.19 bits per heavy atom. The van der Waals surface area contributed by atoms with Crippen LogP contribution in [0.4, 0.5) is 0 Å². The Morgan fingerprint density at radius 1 is 1.31 bits per heavy atom. The van der Waals surface area contributed by atoms with E-state index in [0.717, 1.165) is 0 Å². The molecule has 0 heterocycles. The first-order valence-electron chi connectivity index (χ1n) is 3.84. The van der Waals surface area contributed by atoms with Crippen molar-refractivity contribution in [2.24, 2.45) is 0 Å². The number of rotatable bonds is 3. The Labute approximate surface area is 190 Å². The van der Waals surface area contributed by atoms with Crippen molar-refractivity contribution < 1.29 is 113 Å². The third kappa shape index (κ3) is 7.49. The van der Waals surface area contributed by atoms with Gasteiger partial charge < -0.3 is 40.1 Å². The van der Waals surface area contributed by atoms with E-state index in [1.807, 2.05) is 0 Å². The van der Waals surface area contributed by atoms with Gasteiger partial charge in [-0.25, -0.2) is 0 Å². The molecule has 1 aromatic rings. The summed E-state index contributed by atoms with van der Waals surface area (Å²) in [4.78, 5) is 10.8. The summed E-state index contributed by atoms with van der Waals surface area (Å²) in [5, 5.41) is 13.2. The van der Waals surface area contributed by atoms with Crippen LogP contribution in [-0.4, -0.2) is 10.3 Å². The quantitative estimate of drug-likeness (QED) is 0.342. The number of nitrogens with one attached hydrogen (secondary N) is 1. The van der Waals surface area contributed by atoms with E-state index in [0.29, 0.717) is 5.56 Å². The summed E-state index contributed by atoms with van der Waals surface area (Å²) in [5.41, 5.74) is 0.569. The summed E-state index contributed by atoms with van der Waals surface area (Å²) < 4.78 is 0.0167. The molecule has 0 aliphatic carbocycles. The van der Waals surface area contributed by atoms with Gasteiger partial charge in [-0.1, -0.05) is 34.7 Å². The molecule has 1 N–H and O–H groups in total. The van der Waals surface area contributed by atoms with Crippen molar-refractivity contribution >= 4 is 35.1 Å². The van der Waals surface area contributed by atoms with Gasteiger partial charge in [0, 0.05) is 0 Å². The van der Waals surface area contributed by atoms with Crippen molar-refractivity contribution in [1.82, 2.24) is 5.32 Å². The van der Waals surface area contributed by atoms with E-state index in [9.17, 15) is 9.90 Å². The van der Waals surface area contributed by atoms with Crippen LogP contribution in [0, 0.1) is 0 Å². The van der Waals surface area contributed by atoms with Gasteiger partial charge in [-0.2, -0.15) is 0 Å². The van der Waals surface area contributed by atoms with Crippen molar-refractivity contribution in [1.29, 1.82) is 0 Å². The molecule has 0 aliphatic rings. The number of carbonyl (C=O) groups is 1. The van der Waals surface area contributed by atoms with Crippen molar-refractivity contribution in [3.8, 4) is 0 Å². The number of carboxylic acid groups (broad SMARTS) is 1. The Balaban J connectivity index is 0. The molecule has 0 unspecified atom stereocenters. The predicted molar refractivity (Wildman–Crippen MR) is 57.3 cm³/mol. The topological polar surface area (TPSA) is 52.2 Å². The number of benzene rings is 1. The fraction of sp³-hybridized carbons (Fsp3) is 0.111. The third-order valence-electron chi connectivity index (χ3n) is 1.63. The molecule has 1 rings (SSSR count). The maximum Gasteiger partial charge on any atom is 1.00 e. The number of hydrogen-bond donors (Lipinski definition) is 1. The molecule has 0 bridgehead atoms. The molecule has 0 amide bonds. The van der Waals surface area contributed by atoms with Crippen LogP contribution >= 0.6 is 12.2 Å². The monoisotopic (exact) mass is 303 g/mol. The molecule has 0 aliphatic heterocycles. The van der Waals surface area contributed by atoms with Crippen LogP contribution in [0.5, 0.6) is 0 Å². The second-order valence-electron chi connectivity index (χ2n) is 2.59. The average Bonchev–Trinajstić information content (AvgIpc) is 2.15. The van der Waals surface area contributed by atoms with Crippen LogP contribution in [0.1, 0.15) is 11.6 Å². The Bertz CT molecular complexity index is 349. The molecule has 7 heteroatoms. The van der Waals surface area contributed by atoms with Gasteiger partial charge in [0.05, 0.1) is 12.0 Å². The molecule has 0 spiro atoms. The van der Waals surface area contributed by atoms with Gasteiger partial charge in [-0.3, -0.25) is 0 Å². The molecule has 1 atom stereocenters. The fourth-order valence-corrected chi connectivity index (χ4v) is 1.28. The molecule has 0 saturated heterocycles. The standard InChI is InChI=1S/C9H9NO2S2.2K/c11-8(12)7(10-9(13)14)6-4-2-1-3-5-6;;/h1-5,7H,(H,11,12)(H2,10,13,14);;/q;2*+1/p-2/t7-;;/m0../s1. The number of thiocarbonyl (C=S) groups is 1. The van der Waals surface area contributed by atoms with Gasteiger partial charge in [-0.15, -0.1) is 0 Å². The van der Waals surface area contributed by atoms with Crippen LogP contribution in [-0.2, 0) is 17.4 Å². The zero-order valence-electron chi connectivity index (χ0n) is 9.10. The predicted octanol–water partition coefficient (Wildman–Crippen LogP) is -6.09. The summed E-state index contributed by atoms with van der Waals surface area (Å²) in [5.74, 6) is -1.25. The van der Waals surface area contributed by atoms with E-state index >= 15 is 0 Å². The molecule has 0 radical (unpaired) electrons. The second-order valence-corrected chi connectivity index (χ2v) is 3.67. The number of carbonyl (C=O) groups excluding carboxylic acids is 1. The number of carboxylic acids is 1. The van der Waals surface area contributed by atoms with Crippen LogP contribution in [0.25, 0.3) is 0 Å². The Kier molecular flexibility index (Phi) is 14.0. The van der Waals surface area contributed by atoms with Crippen molar-refractivity contribution in [3.05, 3.63) is 35.9 Å². The molecule has 0 fully saturated rings.